The van der Waals surface area contributed by atoms with Crippen LogP contribution in [0.3, 0.4) is 0 Å². The van der Waals surface area contributed by atoms with Crippen molar-refractivity contribution in [1.82, 2.24) is 14.1 Å². The lowest BCUT2D eigenvalue weighted by Gasteiger charge is -2.17. The second-order valence-electron chi connectivity index (χ2n) is 6.67. The summed E-state index contributed by atoms with van der Waals surface area (Å²) in [6, 6.07) is 7.77. The smallest absolute Gasteiger partial charge is 0.248 e. The average molecular weight is 376 g/mol. The molecule has 26 heavy (non-hydrogen) atoms. The van der Waals surface area contributed by atoms with Crippen molar-refractivity contribution >= 4 is 21.6 Å². The summed E-state index contributed by atoms with van der Waals surface area (Å²) in [5.74, 6) is -0.202. The minimum absolute atomic E-state index is 0.202. The summed E-state index contributed by atoms with van der Waals surface area (Å²) in [6.45, 7) is 6.71. The van der Waals surface area contributed by atoms with Gasteiger partial charge in [-0.05, 0) is 63.9 Å². The van der Waals surface area contributed by atoms with Crippen molar-refractivity contribution in [3.8, 4) is 0 Å². The molecule has 1 saturated heterocycles. The summed E-state index contributed by atoms with van der Waals surface area (Å²) in [4.78, 5) is 12.7. The lowest BCUT2D eigenvalue weighted by molar-refractivity contribution is -0.119. The second-order valence-corrected chi connectivity index (χ2v) is 8.61. The maximum atomic E-state index is 12.5. The van der Waals surface area contributed by atoms with Crippen LogP contribution in [-0.4, -0.2) is 41.5 Å². The van der Waals surface area contributed by atoms with Crippen LogP contribution in [0.4, 0.5) is 5.69 Å². The molecule has 1 aromatic carbocycles. The van der Waals surface area contributed by atoms with E-state index in [4.69, 9.17) is 0 Å². The minimum atomic E-state index is -3.44. The van der Waals surface area contributed by atoms with Crippen molar-refractivity contribution in [3.05, 3.63) is 41.7 Å². The third-order valence-corrected chi connectivity index (χ3v) is 6.53. The van der Waals surface area contributed by atoms with Crippen molar-refractivity contribution in [2.75, 3.05) is 18.4 Å². The monoisotopic (exact) mass is 376 g/mol. The molecule has 0 bridgehead atoms. The van der Waals surface area contributed by atoms with Crippen molar-refractivity contribution in [2.45, 2.75) is 44.6 Å². The van der Waals surface area contributed by atoms with E-state index >= 15 is 0 Å². The number of sulfonamides is 1. The summed E-state index contributed by atoms with van der Waals surface area (Å²) in [7, 11) is -3.44. The molecule has 1 aliphatic heterocycles. The predicted octanol–water partition coefficient (Wildman–Crippen LogP) is 2.48. The molecule has 1 fully saturated rings. The van der Waals surface area contributed by atoms with Crippen LogP contribution in [0.25, 0.3) is 0 Å². The molecule has 0 spiro atoms. The van der Waals surface area contributed by atoms with Gasteiger partial charge >= 0.3 is 0 Å². The van der Waals surface area contributed by atoms with E-state index in [-0.39, 0.29) is 10.8 Å². The fourth-order valence-electron chi connectivity index (χ4n) is 3.18. The van der Waals surface area contributed by atoms with Crippen LogP contribution in [0, 0.1) is 13.8 Å². The van der Waals surface area contributed by atoms with Gasteiger partial charge in [0.05, 0.1) is 10.6 Å². The van der Waals surface area contributed by atoms with Crippen LogP contribution < -0.4 is 5.32 Å². The molecular formula is C18H24N4O3S. The molecule has 1 N–H and O–H groups in total. The molecule has 140 valence electrons. The quantitative estimate of drug-likeness (QED) is 0.869. The topological polar surface area (TPSA) is 84.3 Å². The molecule has 3 rings (SSSR count). The van der Waals surface area contributed by atoms with Gasteiger partial charge in [0.15, 0.2) is 0 Å². The first kappa shape index (κ1) is 18.6. The van der Waals surface area contributed by atoms with E-state index in [0.717, 1.165) is 24.2 Å². The van der Waals surface area contributed by atoms with Gasteiger partial charge in [0, 0.05) is 24.5 Å². The van der Waals surface area contributed by atoms with Gasteiger partial charge in [-0.2, -0.15) is 9.40 Å². The fraction of sp³-hybridized carbons (Fsp3) is 0.444. The van der Waals surface area contributed by atoms with E-state index in [2.05, 4.69) is 10.4 Å². The van der Waals surface area contributed by atoms with Crippen molar-refractivity contribution in [3.63, 3.8) is 0 Å². The Bertz CT molecular complexity index is 897. The van der Waals surface area contributed by atoms with Crippen molar-refractivity contribution in [2.24, 2.45) is 0 Å². The molecule has 0 unspecified atom stereocenters. The van der Waals surface area contributed by atoms with Crippen LogP contribution in [-0.2, 0) is 14.8 Å². The number of nitrogens with one attached hydrogen (secondary N) is 1. The first-order valence-electron chi connectivity index (χ1n) is 8.73. The van der Waals surface area contributed by atoms with Crippen LogP contribution >= 0.6 is 0 Å². The van der Waals surface area contributed by atoms with E-state index < -0.39 is 16.1 Å². The first-order valence-corrected chi connectivity index (χ1v) is 10.2. The molecule has 1 aliphatic rings. The summed E-state index contributed by atoms with van der Waals surface area (Å²) in [5.41, 5.74) is 2.33. The molecular weight excluding hydrogens is 352 g/mol. The van der Waals surface area contributed by atoms with Crippen LogP contribution in [0.2, 0.25) is 0 Å². The fourth-order valence-corrected chi connectivity index (χ4v) is 4.70. The standard InChI is InChI=1S/C18H24N4O3S/c1-13-12-14(2)22(20-13)15(3)18(23)19-16-6-8-17(9-7-16)26(24,25)21-10-4-5-11-21/h6-9,12,15H,4-5,10-11H2,1-3H3,(H,19,23)/t15-/m1/s1. The number of aromatic nitrogens is 2. The van der Waals surface area contributed by atoms with Crippen molar-refractivity contribution in [1.29, 1.82) is 0 Å². The zero-order valence-corrected chi connectivity index (χ0v) is 16.1. The third-order valence-electron chi connectivity index (χ3n) is 4.62. The average Bonchev–Trinajstić information content (AvgIpc) is 3.24. The summed E-state index contributed by atoms with van der Waals surface area (Å²) >= 11 is 0. The number of carbonyl (C=O) groups is 1. The molecule has 7 nitrogen and oxygen atoms in total. The number of hydrogen-bond donors (Lipinski definition) is 1. The summed E-state index contributed by atoms with van der Waals surface area (Å²) in [5, 5.41) is 7.15. The highest BCUT2D eigenvalue weighted by Crippen LogP contribution is 2.22. The van der Waals surface area contributed by atoms with E-state index in [1.54, 1.807) is 23.7 Å². The highest BCUT2D eigenvalue weighted by Gasteiger charge is 2.27. The van der Waals surface area contributed by atoms with Gasteiger partial charge in [-0.15, -0.1) is 0 Å². The Kier molecular flexibility index (Phi) is 5.15. The Morgan fingerprint density at radius 2 is 1.77 bits per heavy atom. The number of benzene rings is 1. The predicted molar refractivity (Wildman–Crippen MR) is 99.5 cm³/mol. The molecule has 2 heterocycles. The van der Waals surface area contributed by atoms with Crippen LogP contribution in [0.1, 0.15) is 37.2 Å². The van der Waals surface area contributed by atoms with Crippen molar-refractivity contribution < 1.29 is 13.2 Å². The van der Waals surface area contributed by atoms with E-state index in [1.165, 1.54) is 16.4 Å². The Labute approximate surface area is 154 Å². The SMILES string of the molecule is Cc1cc(C)n([C@H](C)C(=O)Nc2ccc(S(=O)(=O)N3CCCC3)cc2)n1. The minimum Gasteiger partial charge on any atom is -0.324 e. The molecule has 1 amide bonds. The number of rotatable bonds is 5. The number of amides is 1. The Balaban J connectivity index is 1.71. The Morgan fingerprint density at radius 3 is 2.31 bits per heavy atom. The molecule has 2 aromatic rings. The third kappa shape index (κ3) is 3.66. The molecule has 0 saturated carbocycles. The molecule has 8 heteroatoms. The number of aryl methyl sites for hydroxylation is 2. The molecule has 0 radical (unpaired) electrons. The lowest BCUT2D eigenvalue weighted by Crippen LogP contribution is -2.28. The van der Waals surface area contributed by atoms with Gasteiger partial charge < -0.3 is 5.32 Å². The molecule has 0 aliphatic carbocycles. The second kappa shape index (κ2) is 7.20. The maximum absolute atomic E-state index is 12.5. The maximum Gasteiger partial charge on any atom is 0.248 e. The van der Waals surface area contributed by atoms with E-state index in [0.29, 0.717) is 18.8 Å². The largest absolute Gasteiger partial charge is 0.324 e. The van der Waals surface area contributed by atoms with Gasteiger partial charge in [0.25, 0.3) is 0 Å². The highest BCUT2D eigenvalue weighted by atomic mass is 32.2. The Hall–Kier alpha value is -2.19. The zero-order chi connectivity index (χ0) is 18.9. The molecule has 1 atom stereocenters. The highest BCUT2D eigenvalue weighted by molar-refractivity contribution is 7.89. The van der Waals surface area contributed by atoms with E-state index in [9.17, 15) is 13.2 Å². The summed E-state index contributed by atoms with van der Waals surface area (Å²) < 4.78 is 28.2. The lowest BCUT2D eigenvalue weighted by atomic mass is 10.2. The number of carbonyl (C=O) groups excluding carboxylic acids is 1. The number of anilines is 1. The normalized spacial score (nSPS) is 16.6. The van der Waals surface area contributed by atoms with Gasteiger partial charge in [-0.25, -0.2) is 8.42 Å². The Morgan fingerprint density at radius 1 is 1.15 bits per heavy atom. The van der Waals surface area contributed by atoms with Gasteiger partial charge in [0.1, 0.15) is 6.04 Å². The number of hydrogen-bond acceptors (Lipinski definition) is 4. The summed E-state index contributed by atoms with van der Waals surface area (Å²) in [6.07, 6.45) is 1.80. The van der Waals surface area contributed by atoms with Crippen LogP contribution in [0.5, 0.6) is 0 Å². The van der Waals surface area contributed by atoms with Gasteiger partial charge in [0.2, 0.25) is 15.9 Å². The molecule has 1 aromatic heterocycles. The zero-order valence-electron chi connectivity index (χ0n) is 15.3. The first-order chi connectivity index (χ1) is 12.3. The van der Waals surface area contributed by atoms with Crippen LogP contribution in [0.15, 0.2) is 35.2 Å². The van der Waals surface area contributed by atoms with Gasteiger partial charge in [-0.1, -0.05) is 0 Å². The number of nitrogens with zero attached hydrogens (tertiary/aromatic N) is 3. The van der Waals surface area contributed by atoms with Gasteiger partial charge in [-0.3, -0.25) is 9.48 Å². The van der Waals surface area contributed by atoms with E-state index in [1.807, 2.05) is 19.9 Å².